The summed E-state index contributed by atoms with van der Waals surface area (Å²) in [6.45, 7) is 0. The zero-order valence-corrected chi connectivity index (χ0v) is 17.1. The van der Waals surface area contributed by atoms with Crippen LogP contribution in [-0.4, -0.2) is 50.6 Å². The van der Waals surface area contributed by atoms with E-state index in [4.69, 9.17) is 5.73 Å². The maximum Gasteiger partial charge on any atom is 0.240 e. The number of nitrogens with one attached hydrogen (secondary N) is 3. The lowest BCUT2D eigenvalue weighted by Gasteiger charge is -2.00. The zero-order chi connectivity index (χ0) is 15.6. The van der Waals surface area contributed by atoms with Crippen molar-refractivity contribution < 1.29 is 22.2 Å². The van der Waals surface area contributed by atoms with Crippen LogP contribution in [0.5, 0.6) is 0 Å². The second-order valence-corrected chi connectivity index (χ2v) is 8.51. The fourth-order valence-corrected chi connectivity index (χ4v) is 3.65. The van der Waals surface area contributed by atoms with Crippen molar-refractivity contribution in [3.63, 3.8) is 0 Å². The Kier molecular flexibility index (Phi) is 28.8. The first-order valence-corrected chi connectivity index (χ1v) is 11.3. The fraction of sp³-hybridized carbons (Fsp3) is 0.818. The number of amidine groups is 1. The summed E-state index contributed by atoms with van der Waals surface area (Å²) in [4.78, 5) is 13.8. The van der Waals surface area contributed by atoms with Crippen molar-refractivity contribution in [3.05, 3.63) is 0 Å². The molecule has 0 aromatic carbocycles. The quantitative estimate of drug-likeness (QED) is 0.107. The SMILES string of the molecule is CNC(=O)CCSSCCCC(N)=[NH+]C.CNSSC.[Cl-]. The molecule has 0 aromatic heterocycles. The van der Waals surface area contributed by atoms with Gasteiger partial charge in [0, 0.05) is 31.4 Å². The molecule has 0 unspecified atom stereocenters. The molecule has 5 nitrogen and oxygen atoms in total. The lowest BCUT2D eigenvalue weighted by Crippen LogP contribution is -3.00. The van der Waals surface area contributed by atoms with Crippen LogP contribution in [0.1, 0.15) is 19.3 Å². The van der Waals surface area contributed by atoms with E-state index in [-0.39, 0.29) is 18.3 Å². The van der Waals surface area contributed by atoms with Gasteiger partial charge in [-0.3, -0.25) is 20.2 Å². The molecule has 0 rings (SSSR count). The third-order valence-electron chi connectivity index (χ3n) is 1.94. The first-order chi connectivity index (χ1) is 9.62. The molecule has 21 heavy (non-hydrogen) atoms. The second kappa shape index (κ2) is 22.9. The van der Waals surface area contributed by atoms with E-state index in [0.29, 0.717) is 6.42 Å². The van der Waals surface area contributed by atoms with Crippen molar-refractivity contribution in [3.8, 4) is 0 Å². The molecule has 128 valence electrons. The average molecular weight is 395 g/mol. The van der Waals surface area contributed by atoms with Gasteiger partial charge in [0.2, 0.25) is 11.7 Å². The molecule has 0 heterocycles. The maximum atomic E-state index is 10.9. The van der Waals surface area contributed by atoms with Gasteiger partial charge < -0.3 is 17.7 Å². The molecule has 10 heteroatoms. The molecule has 5 N–H and O–H groups in total. The van der Waals surface area contributed by atoms with Gasteiger partial charge >= 0.3 is 0 Å². The van der Waals surface area contributed by atoms with Crippen molar-refractivity contribution in [1.29, 1.82) is 0 Å². The Balaban J connectivity index is -0.000000465. The molecule has 1 amide bonds. The van der Waals surface area contributed by atoms with Gasteiger partial charge in [0.25, 0.3) is 0 Å². The van der Waals surface area contributed by atoms with Gasteiger partial charge in [-0.05, 0) is 30.7 Å². The van der Waals surface area contributed by atoms with Gasteiger partial charge in [-0.1, -0.05) is 32.4 Å². The van der Waals surface area contributed by atoms with E-state index < -0.39 is 0 Å². The van der Waals surface area contributed by atoms with Crippen LogP contribution in [0.4, 0.5) is 0 Å². The average Bonchev–Trinajstić information content (AvgIpc) is 2.47. The molecule has 0 saturated carbocycles. The number of hydrogen-bond donors (Lipinski definition) is 4. The largest absolute Gasteiger partial charge is 1.00 e. The highest BCUT2D eigenvalue weighted by molar-refractivity contribution is 8.76. The highest BCUT2D eigenvalue weighted by Gasteiger charge is 1.99. The van der Waals surface area contributed by atoms with Gasteiger partial charge in [0.1, 0.15) is 0 Å². The summed E-state index contributed by atoms with van der Waals surface area (Å²) in [5.74, 6) is 2.89. The maximum absolute atomic E-state index is 10.9. The Morgan fingerprint density at radius 1 is 1.19 bits per heavy atom. The predicted octanol–water partition coefficient (Wildman–Crippen LogP) is -2.51. The molecule has 0 spiro atoms. The molecule has 0 saturated heterocycles. The number of carbonyl (C=O) groups is 1. The van der Waals surface area contributed by atoms with Crippen LogP contribution < -0.4 is 33.2 Å². The van der Waals surface area contributed by atoms with Gasteiger partial charge in [-0.2, -0.15) is 0 Å². The van der Waals surface area contributed by atoms with Crippen molar-refractivity contribution in [2.75, 3.05) is 38.9 Å². The van der Waals surface area contributed by atoms with E-state index in [0.717, 1.165) is 30.2 Å². The lowest BCUT2D eigenvalue weighted by atomic mass is 10.3. The van der Waals surface area contributed by atoms with E-state index >= 15 is 0 Å². The predicted molar refractivity (Wildman–Crippen MR) is 99.1 cm³/mol. The number of rotatable bonds is 10. The van der Waals surface area contributed by atoms with Gasteiger partial charge in [0.05, 0.1) is 7.05 Å². The van der Waals surface area contributed by atoms with Crippen LogP contribution >= 0.6 is 43.4 Å². The topological polar surface area (TPSA) is 81.1 Å². The van der Waals surface area contributed by atoms with Crippen molar-refractivity contribution in [2.45, 2.75) is 19.3 Å². The number of carbonyl (C=O) groups excluding carboxylic acids is 1. The minimum Gasteiger partial charge on any atom is -1.00 e. The Labute approximate surface area is 150 Å². The van der Waals surface area contributed by atoms with Crippen LogP contribution in [-0.2, 0) is 4.79 Å². The summed E-state index contributed by atoms with van der Waals surface area (Å²) in [5.41, 5.74) is 5.61. The third-order valence-corrected chi connectivity index (χ3v) is 5.76. The summed E-state index contributed by atoms with van der Waals surface area (Å²) in [6, 6.07) is 0. The summed E-state index contributed by atoms with van der Waals surface area (Å²) < 4.78 is 2.90. The molecule has 0 bridgehead atoms. The second-order valence-electron chi connectivity index (χ2n) is 3.40. The van der Waals surface area contributed by atoms with Crippen molar-refractivity contribution >= 4 is 55.1 Å². The minimum absolute atomic E-state index is 0. The molecule has 0 aliphatic heterocycles. The van der Waals surface area contributed by atoms with E-state index in [2.05, 4.69) is 15.0 Å². The lowest BCUT2D eigenvalue weighted by molar-refractivity contribution is -0.422. The molecule has 0 radical (unpaired) electrons. The van der Waals surface area contributed by atoms with E-state index in [1.807, 2.05) is 20.4 Å². The normalized spacial score (nSPS) is 10.2. The van der Waals surface area contributed by atoms with Gasteiger partial charge in [-0.15, -0.1) is 0 Å². The monoisotopic (exact) mass is 394 g/mol. The highest BCUT2D eigenvalue weighted by Crippen LogP contribution is 2.22. The zero-order valence-electron chi connectivity index (χ0n) is 13.0. The Morgan fingerprint density at radius 2 is 1.81 bits per heavy atom. The van der Waals surface area contributed by atoms with Crippen LogP contribution in [0.25, 0.3) is 0 Å². The minimum atomic E-state index is 0. The number of hydrogen-bond acceptors (Lipinski definition) is 6. The summed E-state index contributed by atoms with van der Waals surface area (Å²) in [7, 11) is 12.3. The van der Waals surface area contributed by atoms with Crippen LogP contribution in [0.3, 0.4) is 0 Å². The Morgan fingerprint density at radius 3 is 2.24 bits per heavy atom. The molecular weight excluding hydrogens is 368 g/mol. The highest BCUT2D eigenvalue weighted by atomic mass is 35.5. The van der Waals surface area contributed by atoms with Gasteiger partial charge in [-0.25, -0.2) is 0 Å². The Hall–Kier alpha value is 0.590. The van der Waals surface area contributed by atoms with E-state index in [1.54, 1.807) is 50.4 Å². The first kappa shape index (κ1) is 26.5. The number of halogens is 1. The van der Waals surface area contributed by atoms with E-state index in [1.165, 1.54) is 0 Å². The summed E-state index contributed by atoms with van der Waals surface area (Å²) >= 11 is 0. The van der Waals surface area contributed by atoms with Gasteiger partial charge in [0.15, 0.2) is 0 Å². The summed E-state index contributed by atoms with van der Waals surface area (Å²) in [5, 5.41) is 2.60. The number of amides is 1. The molecule has 0 fully saturated rings. The standard InChI is InChI=1S/C9H19N3OS2.C2H7NS2.ClH/c1-11-8(10)4-3-6-14-15-7-5-9(13)12-2;1-3-5-4-2;/h3-7H2,1-2H3,(H2,10,11)(H,12,13);3H,1-2H3;1H. The van der Waals surface area contributed by atoms with Crippen LogP contribution in [0, 0.1) is 0 Å². The van der Waals surface area contributed by atoms with Crippen LogP contribution in [0.2, 0.25) is 0 Å². The fourth-order valence-electron chi connectivity index (χ4n) is 0.907. The van der Waals surface area contributed by atoms with Crippen molar-refractivity contribution in [2.24, 2.45) is 5.73 Å². The molecular formula is C11H27ClN4OS4. The molecule has 0 atom stereocenters. The number of nitrogens with two attached hydrogens (primary N) is 1. The van der Waals surface area contributed by atoms with E-state index in [9.17, 15) is 4.79 Å². The third kappa shape index (κ3) is 25.9. The summed E-state index contributed by atoms with van der Waals surface area (Å²) in [6.07, 6.45) is 4.62. The molecule has 0 aromatic rings. The molecule has 0 aliphatic rings. The smallest absolute Gasteiger partial charge is 0.240 e. The van der Waals surface area contributed by atoms with Crippen molar-refractivity contribution in [1.82, 2.24) is 10.0 Å². The molecule has 0 aliphatic carbocycles. The first-order valence-electron chi connectivity index (χ1n) is 6.22. The Bertz CT molecular complexity index is 258. The van der Waals surface area contributed by atoms with Crippen LogP contribution in [0.15, 0.2) is 0 Å².